The molecule has 1 aliphatic rings. The van der Waals surface area contributed by atoms with E-state index in [2.05, 4.69) is 15.0 Å². The summed E-state index contributed by atoms with van der Waals surface area (Å²) < 4.78 is 0. The predicted molar refractivity (Wildman–Crippen MR) is 55.8 cm³/mol. The number of aromatic amines is 1. The van der Waals surface area contributed by atoms with Crippen LogP contribution in [-0.4, -0.2) is 31.9 Å². The molecule has 1 aromatic heterocycles. The molecule has 2 heterocycles. The molecule has 5 heteroatoms. The zero-order valence-corrected chi connectivity index (χ0v) is 9.40. The SMILES string of the molecule is CC1(C)N=C(c2ncc[nH]2)N([O])C1(C)C. The molecule has 0 saturated heterocycles. The van der Waals surface area contributed by atoms with Crippen molar-refractivity contribution in [3.63, 3.8) is 0 Å². The van der Waals surface area contributed by atoms with Crippen LogP contribution in [0.5, 0.6) is 0 Å². The highest BCUT2D eigenvalue weighted by Crippen LogP contribution is 2.37. The Hall–Kier alpha value is -1.36. The van der Waals surface area contributed by atoms with Gasteiger partial charge in [0.15, 0.2) is 11.7 Å². The van der Waals surface area contributed by atoms with Crippen molar-refractivity contribution >= 4 is 5.84 Å². The molecule has 0 bridgehead atoms. The summed E-state index contributed by atoms with van der Waals surface area (Å²) in [6.45, 7) is 7.68. The fourth-order valence-electron chi connectivity index (χ4n) is 1.50. The van der Waals surface area contributed by atoms with Gasteiger partial charge >= 0.3 is 0 Å². The van der Waals surface area contributed by atoms with E-state index >= 15 is 0 Å². The van der Waals surface area contributed by atoms with Crippen LogP contribution in [0, 0.1) is 0 Å². The van der Waals surface area contributed by atoms with Gasteiger partial charge in [-0.2, -0.15) is 5.06 Å². The first-order valence-corrected chi connectivity index (χ1v) is 4.93. The molecule has 0 spiro atoms. The largest absolute Gasteiger partial charge is 0.342 e. The number of nitrogens with zero attached hydrogens (tertiary/aromatic N) is 3. The Balaban J connectivity index is 2.46. The maximum absolute atomic E-state index is 12.1. The van der Waals surface area contributed by atoms with Crippen molar-refractivity contribution in [2.45, 2.75) is 38.8 Å². The van der Waals surface area contributed by atoms with Crippen LogP contribution in [0.15, 0.2) is 17.4 Å². The van der Waals surface area contributed by atoms with Crippen LogP contribution in [0.1, 0.15) is 33.5 Å². The van der Waals surface area contributed by atoms with E-state index in [1.54, 1.807) is 12.4 Å². The lowest BCUT2D eigenvalue weighted by Gasteiger charge is -2.35. The minimum absolute atomic E-state index is 0.384. The van der Waals surface area contributed by atoms with E-state index in [0.717, 1.165) is 5.06 Å². The molecule has 1 N–H and O–H groups in total. The third-order valence-electron chi connectivity index (χ3n) is 3.29. The minimum Gasteiger partial charge on any atom is -0.342 e. The van der Waals surface area contributed by atoms with Crippen LogP contribution in [0.25, 0.3) is 0 Å². The molecule has 0 saturated carbocycles. The average Bonchev–Trinajstić information content (AvgIpc) is 2.69. The van der Waals surface area contributed by atoms with Crippen molar-refractivity contribution in [3.05, 3.63) is 18.2 Å². The maximum Gasteiger partial charge on any atom is 0.195 e. The molecular weight excluding hydrogens is 192 g/mol. The monoisotopic (exact) mass is 207 g/mol. The normalized spacial score (nSPS) is 23.0. The van der Waals surface area contributed by atoms with Crippen LogP contribution in [0.4, 0.5) is 0 Å². The van der Waals surface area contributed by atoms with Crippen LogP contribution < -0.4 is 0 Å². The molecule has 0 amide bonds. The predicted octanol–water partition coefficient (Wildman–Crippen LogP) is 1.37. The number of aromatic nitrogens is 2. The molecule has 0 aromatic carbocycles. The van der Waals surface area contributed by atoms with Crippen LogP contribution >= 0.6 is 0 Å². The van der Waals surface area contributed by atoms with E-state index in [9.17, 15) is 5.21 Å². The highest BCUT2D eigenvalue weighted by Gasteiger charge is 2.50. The highest BCUT2D eigenvalue weighted by atomic mass is 16.5. The summed E-state index contributed by atoms with van der Waals surface area (Å²) in [5.41, 5.74) is -0.952. The quantitative estimate of drug-likeness (QED) is 0.756. The van der Waals surface area contributed by atoms with Gasteiger partial charge in [0, 0.05) is 12.4 Å². The zero-order valence-electron chi connectivity index (χ0n) is 9.40. The van der Waals surface area contributed by atoms with E-state index in [4.69, 9.17) is 0 Å². The Kier molecular flexibility index (Phi) is 1.91. The lowest BCUT2D eigenvalue weighted by Crippen LogP contribution is -2.50. The number of hydrogen-bond donors (Lipinski definition) is 1. The van der Waals surface area contributed by atoms with Gasteiger partial charge in [0.25, 0.3) is 0 Å². The number of nitrogens with one attached hydrogen (secondary N) is 1. The lowest BCUT2D eigenvalue weighted by molar-refractivity contribution is -0.158. The summed E-state index contributed by atoms with van der Waals surface area (Å²) in [4.78, 5) is 11.4. The Labute approximate surface area is 88.8 Å². The molecule has 2 rings (SSSR count). The third-order valence-corrected chi connectivity index (χ3v) is 3.29. The van der Waals surface area contributed by atoms with Gasteiger partial charge in [-0.05, 0) is 27.7 Å². The highest BCUT2D eigenvalue weighted by molar-refractivity contribution is 5.97. The molecule has 0 atom stereocenters. The van der Waals surface area contributed by atoms with E-state index < -0.39 is 11.1 Å². The van der Waals surface area contributed by atoms with Gasteiger partial charge in [0.1, 0.15) is 0 Å². The van der Waals surface area contributed by atoms with Crippen molar-refractivity contribution in [1.82, 2.24) is 15.0 Å². The van der Waals surface area contributed by atoms with Crippen molar-refractivity contribution in [2.24, 2.45) is 4.99 Å². The lowest BCUT2D eigenvalue weighted by atomic mass is 9.84. The van der Waals surface area contributed by atoms with E-state index in [-0.39, 0.29) is 0 Å². The van der Waals surface area contributed by atoms with Gasteiger partial charge in [-0.3, -0.25) is 4.99 Å². The number of hydrogen-bond acceptors (Lipinski definition) is 3. The van der Waals surface area contributed by atoms with Gasteiger partial charge in [-0.25, -0.2) is 4.98 Å². The summed E-state index contributed by atoms with van der Waals surface area (Å²) in [5, 5.41) is 13.0. The van der Waals surface area contributed by atoms with Gasteiger partial charge in [-0.1, -0.05) is 5.21 Å². The first-order valence-electron chi connectivity index (χ1n) is 4.93. The second-order valence-corrected chi connectivity index (χ2v) is 4.79. The van der Waals surface area contributed by atoms with E-state index in [1.807, 2.05) is 27.7 Å². The van der Waals surface area contributed by atoms with E-state index in [1.165, 1.54) is 0 Å². The Morgan fingerprint density at radius 2 is 2.00 bits per heavy atom. The van der Waals surface area contributed by atoms with Gasteiger partial charge in [0.05, 0.1) is 11.1 Å². The molecule has 81 valence electrons. The standard InChI is InChI=1S/C10H15N4O/c1-9(2)10(3,4)14(15)8(13-9)7-11-5-6-12-7/h5-6H,1-4H3,(H,11,12). The van der Waals surface area contributed by atoms with Crippen molar-refractivity contribution in [2.75, 3.05) is 0 Å². The van der Waals surface area contributed by atoms with Gasteiger partial charge in [-0.15, -0.1) is 0 Å². The number of amidine groups is 1. The number of aliphatic imine (C=N–C) groups is 1. The molecule has 0 unspecified atom stereocenters. The van der Waals surface area contributed by atoms with Crippen molar-refractivity contribution < 1.29 is 5.21 Å². The van der Waals surface area contributed by atoms with Gasteiger partial charge in [0.2, 0.25) is 0 Å². The number of rotatable bonds is 1. The molecular formula is C10H15N4O. The van der Waals surface area contributed by atoms with Crippen LogP contribution in [-0.2, 0) is 5.21 Å². The summed E-state index contributed by atoms with van der Waals surface area (Å²) >= 11 is 0. The molecule has 1 aliphatic heterocycles. The fraction of sp³-hybridized carbons (Fsp3) is 0.600. The number of H-pyrrole nitrogens is 1. The topological polar surface area (TPSA) is 64.2 Å². The first-order chi connectivity index (χ1) is 6.86. The molecule has 15 heavy (non-hydrogen) atoms. The fourth-order valence-corrected chi connectivity index (χ4v) is 1.50. The van der Waals surface area contributed by atoms with Crippen LogP contribution in [0.3, 0.4) is 0 Å². The first kappa shape index (κ1) is 10.2. The third kappa shape index (κ3) is 1.26. The zero-order chi connectivity index (χ0) is 11.3. The summed E-state index contributed by atoms with van der Waals surface area (Å²) in [6.07, 6.45) is 3.30. The number of imidazole rings is 1. The van der Waals surface area contributed by atoms with E-state index in [0.29, 0.717) is 11.7 Å². The second kappa shape index (κ2) is 2.82. The summed E-state index contributed by atoms with van der Waals surface area (Å²) in [7, 11) is 0. The molecule has 5 nitrogen and oxygen atoms in total. The number of hydroxylamine groups is 2. The summed E-state index contributed by atoms with van der Waals surface area (Å²) in [5.74, 6) is 0.915. The molecule has 0 fully saturated rings. The molecule has 1 aromatic rings. The minimum atomic E-state index is -0.547. The Morgan fingerprint density at radius 3 is 2.40 bits per heavy atom. The Morgan fingerprint density at radius 1 is 1.33 bits per heavy atom. The Bertz CT molecular complexity index is 392. The smallest absolute Gasteiger partial charge is 0.195 e. The van der Waals surface area contributed by atoms with Gasteiger partial charge < -0.3 is 4.98 Å². The average molecular weight is 207 g/mol. The second-order valence-electron chi connectivity index (χ2n) is 4.79. The maximum atomic E-state index is 12.1. The molecule has 1 radical (unpaired) electrons. The van der Waals surface area contributed by atoms with Crippen molar-refractivity contribution in [1.29, 1.82) is 0 Å². The molecule has 0 aliphatic carbocycles. The summed E-state index contributed by atoms with van der Waals surface area (Å²) in [6, 6.07) is 0. The van der Waals surface area contributed by atoms with Crippen molar-refractivity contribution in [3.8, 4) is 0 Å². The van der Waals surface area contributed by atoms with Crippen LogP contribution in [0.2, 0.25) is 0 Å².